The first-order chi connectivity index (χ1) is 9.93. The Morgan fingerprint density at radius 2 is 2.10 bits per heavy atom. The average Bonchev–Trinajstić information content (AvgIpc) is 2.49. The van der Waals surface area contributed by atoms with Crippen molar-refractivity contribution in [2.45, 2.75) is 44.2 Å². The molecule has 1 N–H and O–H groups in total. The van der Waals surface area contributed by atoms with Gasteiger partial charge in [-0.1, -0.05) is 6.92 Å². The summed E-state index contributed by atoms with van der Waals surface area (Å²) in [4.78, 5) is 12.3. The topological polar surface area (TPSA) is 47.6 Å². The Balaban J connectivity index is 2.29. The van der Waals surface area contributed by atoms with Gasteiger partial charge in [-0.15, -0.1) is 0 Å². The molecule has 1 aromatic rings. The molecule has 2 atom stereocenters. The van der Waals surface area contributed by atoms with Gasteiger partial charge in [0.05, 0.1) is 19.3 Å². The number of carbonyl (C=O) groups is 1. The van der Waals surface area contributed by atoms with E-state index in [4.69, 9.17) is 9.47 Å². The Labute approximate surface area is 124 Å². The Hall–Kier alpha value is -1.62. The van der Waals surface area contributed by atoms with E-state index in [0.717, 1.165) is 6.42 Å². The maximum absolute atomic E-state index is 13.0. The average molecular weight is 295 g/mol. The molecule has 1 aliphatic rings. The van der Waals surface area contributed by atoms with E-state index >= 15 is 0 Å². The van der Waals surface area contributed by atoms with E-state index in [9.17, 15) is 9.18 Å². The van der Waals surface area contributed by atoms with Crippen LogP contribution in [0.5, 0.6) is 0 Å². The lowest BCUT2D eigenvalue weighted by Crippen LogP contribution is -2.57. The number of halogens is 1. The lowest BCUT2D eigenvalue weighted by Gasteiger charge is -2.45. The molecule has 1 fully saturated rings. The predicted molar refractivity (Wildman–Crippen MR) is 78.7 cm³/mol. The molecule has 2 unspecified atom stereocenters. The van der Waals surface area contributed by atoms with Crippen LogP contribution in [0.3, 0.4) is 0 Å². The number of hydrogen-bond acceptors (Lipinski definition) is 4. The molecule has 4 nitrogen and oxygen atoms in total. The van der Waals surface area contributed by atoms with Gasteiger partial charge in [-0.25, -0.2) is 9.18 Å². The summed E-state index contributed by atoms with van der Waals surface area (Å²) in [5, 5.41) is 3.24. The second-order valence-electron chi connectivity index (χ2n) is 5.78. The summed E-state index contributed by atoms with van der Waals surface area (Å²) in [6.45, 7) is 4.51. The summed E-state index contributed by atoms with van der Waals surface area (Å²) in [5.74, 6) is -0.618. The molecular weight excluding hydrogens is 273 g/mol. The second kappa shape index (κ2) is 6.02. The molecule has 0 saturated carbocycles. The van der Waals surface area contributed by atoms with Crippen molar-refractivity contribution in [2.24, 2.45) is 0 Å². The first-order valence-electron chi connectivity index (χ1n) is 7.19. The quantitative estimate of drug-likeness (QED) is 0.867. The molecule has 0 spiro atoms. The molecule has 21 heavy (non-hydrogen) atoms. The second-order valence-corrected chi connectivity index (χ2v) is 5.78. The third-order valence-corrected chi connectivity index (χ3v) is 4.21. The number of anilines is 1. The van der Waals surface area contributed by atoms with Crippen LogP contribution in [0.1, 0.15) is 33.1 Å². The highest BCUT2D eigenvalue weighted by atomic mass is 19.1. The minimum atomic E-state index is -0.838. The van der Waals surface area contributed by atoms with Crippen LogP contribution < -0.4 is 5.32 Å². The minimum Gasteiger partial charge on any atom is -0.467 e. The van der Waals surface area contributed by atoms with E-state index < -0.39 is 5.54 Å². The number of nitrogens with one attached hydrogen (secondary N) is 1. The Kier molecular flexibility index (Phi) is 4.52. The monoisotopic (exact) mass is 295 g/mol. The summed E-state index contributed by atoms with van der Waals surface area (Å²) in [6.07, 6.45) is 1.84. The predicted octanol–water partition coefficient (Wildman–Crippen LogP) is 3.13. The summed E-state index contributed by atoms with van der Waals surface area (Å²) < 4.78 is 23.8. The van der Waals surface area contributed by atoms with E-state index in [1.54, 1.807) is 12.1 Å². The summed E-state index contributed by atoms with van der Waals surface area (Å²) in [5.41, 5.74) is -0.517. The summed E-state index contributed by atoms with van der Waals surface area (Å²) >= 11 is 0. The van der Waals surface area contributed by atoms with Crippen molar-refractivity contribution in [3.63, 3.8) is 0 Å². The highest BCUT2D eigenvalue weighted by Gasteiger charge is 2.48. The summed E-state index contributed by atoms with van der Waals surface area (Å²) in [6, 6.07) is 5.98. The number of benzene rings is 1. The summed E-state index contributed by atoms with van der Waals surface area (Å²) in [7, 11) is 1.38. The molecule has 2 rings (SSSR count). The fourth-order valence-corrected chi connectivity index (χ4v) is 2.81. The zero-order chi connectivity index (χ0) is 15.5. The Morgan fingerprint density at radius 1 is 1.43 bits per heavy atom. The van der Waals surface area contributed by atoms with Crippen LogP contribution >= 0.6 is 0 Å². The Morgan fingerprint density at radius 3 is 2.67 bits per heavy atom. The van der Waals surface area contributed by atoms with Crippen molar-refractivity contribution in [3.8, 4) is 0 Å². The molecule has 116 valence electrons. The van der Waals surface area contributed by atoms with Crippen molar-refractivity contribution in [1.29, 1.82) is 0 Å². The van der Waals surface area contributed by atoms with Crippen molar-refractivity contribution in [2.75, 3.05) is 19.0 Å². The zero-order valence-corrected chi connectivity index (χ0v) is 12.7. The van der Waals surface area contributed by atoms with Gasteiger partial charge >= 0.3 is 5.97 Å². The van der Waals surface area contributed by atoms with Crippen molar-refractivity contribution < 1.29 is 18.7 Å². The number of methoxy groups -OCH3 is 1. The SMILES string of the molecule is CCC1(C)CC(Nc2ccc(F)cc2)(C(=O)OC)CCO1. The van der Waals surface area contributed by atoms with Gasteiger partial charge in [0.1, 0.15) is 11.4 Å². The van der Waals surface area contributed by atoms with Crippen LogP contribution in [-0.2, 0) is 14.3 Å². The van der Waals surface area contributed by atoms with Gasteiger partial charge in [-0.05, 0) is 37.6 Å². The van der Waals surface area contributed by atoms with Crippen LogP contribution in [0.4, 0.5) is 10.1 Å². The molecule has 1 heterocycles. The van der Waals surface area contributed by atoms with Crippen molar-refractivity contribution in [1.82, 2.24) is 0 Å². The van der Waals surface area contributed by atoms with E-state index in [-0.39, 0.29) is 17.4 Å². The van der Waals surface area contributed by atoms with E-state index in [1.165, 1.54) is 19.2 Å². The molecule has 0 amide bonds. The fourth-order valence-electron chi connectivity index (χ4n) is 2.81. The standard InChI is InChI=1S/C16H22FNO3/c1-4-15(2)11-16(9-10-21-15,14(19)20-3)18-13-7-5-12(17)6-8-13/h5-8,18H,4,9-11H2,1-3H3. The van der Waals surface area contributed by atoms with Crippen molar-refractivity contribution in [3.05, 3.63) is 30.1 Å². The van der Waals surface area contributed by atoms with Crippen LogP contribution in [-0.4, -0.2) is 30.8 Å². The minimum absolute atomic E-state index is 0.307. The van der Waals surface area contributed by atoms with Crippen LogP contribution in [0.25, 0.3) is 0 Å². The smallest absolute Gasteiger partial charge is 0.331 e. The number of carbonyl (C=O) groups excluding carboxylic acids is 1. The van der Waals surface area contributed by atoms with Gasteiger partial charge in [0.2, 0.25) is 0 Å². The number of hydrogen-bond donors (Lipinski definition) is 1. The molecule has 0 aromatic heterocycles. The van der Waals surface area contributed by atoms with E-state index in [0.29, 0.717) is 25.1 Å². The van der Waals surface area contributed by atoms with Crippen molar-refractivity contribution >= 4 is 11.7 Å². The van der Waals surface area contributed by atoms with Gasteiger partial charge in [0.15, 0.2) is 0 Å². The molecule has 0 radical (unpaired) electrons. The van der Waals surface area contributed by atoms with Gasteiger partial charge in [-0.2, -0.15) is 0 Å². The maximum Gasteiger partial charge on any atom is 0.331 e. The third kappa shape index (κ3) is 3.35. The van der Waals surface area contributed by atoms with Crippen LogP contribution in [0.2, 0.25) is 0 Å². The molecule has 1 aliphatic heterocycles. The number of esters is 1. The highest BCUT2D eigenvalue weighted by Crippen LogP contribution is 2.37. The molecule has 0 aliphatic carbocycles. The largest absolute Gasteiger partial charge is 0.467 e. The highest BCUT2D eigenvalue weighted by molar-refractivity contribution is 5.84. The lowest BCUT2D eigenvalue weighted by atomic mass is 9.79. The number of ether oxygens (including phenoxy) is 2. The van der Waals surface area contributed by atoms with Gasteiger partial charge in [-0.3, -0.25) is 0 Å². The van der Waals surface area contributed by atoms with E-state index in [2.05, 4.69) is 5.32 Å². The van der Waals surface area contributed by atoms with Gasteiger partial charge in [0.25, 0.3) is 0 Å². The first-order valence-corrected chi connectivity index (χ1v) is 7.19. The number of rotatable bonds is 4. The molecule has 1 aromatic carbocycles. The molecule has 5 heteroatoms. The molecular formula is C16H22FNO3. The normalized spacial score (nSPS) is 29.0. The lowest BCUT2D eigenvalue weighted by molar-refractivity contribution is -0.158. The molecule has 1 saturated heterocycles. The Bertz CT molecular complexity index is 505. The van der Waals surface area contributed by atoms with Crippen LogP contribution in [0.15, 0.2) is 24.3 Å². The molecule has 0 bridgehead atoms. The van der Waals surface area contributed by atoms with Gasteiger partial charge < -0.3 is 14.8 Å². The zero-order valence-electron chi connectivity index (χ0n) is 12.7. The van der Waals surface area contributed by atoms with Crippen LogP contribution in [0, 0.1) is 5.82 Å². The first kappa shape index (κ1) is 15.8. The maximum atomic E-state index is 13.0. The van der Waals surface area contributed by atoms with E-state index in [1.807, 2.05) is 13.8 Å². The van der Waals surface area contributed by atoms with Gasteiger partial charge in [0, 0.05) is 18.5 Å². The fraction of sp³-hybridized carbons (Fsp3) is 0.562. The third-order valence-electron chi connectivity index (χ3n) is 4.21.